The molecule has 1 aromatic rings. The molecule has 100 valence electrons. The van der Waals surface area contributed by atoms with Crippen LogP contribution >= 0.6 is 31.9 Å². The summed E-state index contributed by atoms with van der Waals surface area (Å²) in [6, 6.07) is 4.02. The number of halogens is 2. The Bertz CT molecular complexity index is 414. The van der Waals surface area contributed by atoms with Crippen LogP contribution in [-0.2, 0) is 4.74 Å². The van der Waals surface area contributed by atoms with Crippen molar-refractivity contribution in [2.24, 2.45) is 10.8 Å². The van der Waals surface area contributed by atoms with Gasteiger partial charge in [0.1, 0.15) is 0 Å². The van der Waals surface area contributed by atoms with Gasteiger partial charge >= 0.3 is 0 Å². The van der Waals surface area contributed by atoms with Crippen LogP contribution in [0.5, 0.6) is 0 Å². The fraction of sp³-hybridized carbons (Fsp3) is 0.364. The van der Waals surface area contributed by atoms with Gasteiger partial charge in [-0.05, 0) is 56.5 Å². The highest BCUT2D eigenvalue weighted by Crippen LogP contribution is 2.32. The van der Waals surface area contributed by atoms with Crippen LogP contribution in [0.1, 0.15) is 5.56 Å². The Morgan fingerprint density at radius 2 is 2.00 bits per heavy atom. The molecule has 0 atom stereocenters. The molecule has 0 saturated carbocycles. The third-order valence-corrected chi connectivity index (χ3v) is 3.38. The minimum atomic E-state index is 0.484. The molecule has 0 aliphatic rings. The lowest BCUT2D eigenvalue weighted by Gasteiger charge is -2.13. The summed E-state index contributed by atoms with van der Waals surface area (Å²) in [5.74, 6) is 5.90. The Balaban J connectivity index is 2.85. The SMILES string of the molecule is COCCN=C(NN)Nc1c(Br)cc(C)cc1Br. The van der Waals surface area contributed by atoms with Crippen LogP contribution in [0.15, 0.2) is 26.1 Å². The number of aryl methyl sites for hydroxylation is 1. The lowest BCUT2D eigenvalue weighted by Crippen LogP contribution is -2.36. The molecule has 0 aliphatic heterocycles. The number of hydrogen-bond acceptors (Lipinski definition) is 3. The number of methoxy groups -OCH3 is 1. The summed E-state index contributed by atoms with van der Waals surface area (Å²) in [5.41, 5.74) is 4.54. The summed E-state index contributed by atoms with van der Waals surface area (Å²) in [7, 11) is 1.63. The third-order valence-electron chi connectivity index (χ3n) is 2.13. The molecule has 0 bridgehead atoms. The predicted octanol–water partition coefficient (Wildman–Crippen LogP) is 2.40. The van der Waals surface area contributed by atoms with Gasteiger partial charge in [-0.3, -0.25) is 5.43 Å². The van der Waals surface area contributed by atoms with E-state index in [1.807, 2.05) is 19.1 Å². The van der Waals surface area contributed by atoms with Crippen LogP contribution < -0.4 is 16.6 Å². The number of guanidine groups is 1. The molecule has 0 aromatic heterocycles. The van der Waals surface area contributed by atoms with Gasteiger partial charge in [0.2, 0.25) is 5.96 Å². The number of aliphatic imine (C=N–C) groups is 1. The number of nitrogens with one attached hydrogen (secondary N) is 2. The van der Waals surface area contributed by atoms with Gasteiger partial charge in [-0.2, -0.15) is 0 Å². The third kappa shape index (κ3) is 4.56. The van der Waals surface area contributed by atoms with Crippen molar-refractivity contribution in [2.45, 2.75) is 6.92 Å². The molecule has 0 spiro atoms. The quantitative estimate of drug-likeness (QED) is 0.247. The molecule has 0 aliphatic carbocycles. The molecule has 0 heterocycles. The van der Waals surface area contributed by atoms with Crippen molar-refractivity contribution in [1.29, 1.82) is 0 Å². The minimum Gasteiger partial charge on any atom is -0.383 e. The zero-order valence-electron chi connectivity index (χ0n) is 10.3. The topological polar surface area (TPSA) is 71.7 Å². The minimum absolute atomic E-state index is 0.484. The summed E-state index contributed by atoms with van der Waals surface area (Å²) in [4.78, 5) is 4.23. The van der Waals surface area contributed by atoms with Gasteiger partial charge < -0.3 is 10.1 Å². The number of benzene rings is 1. The molecule has 0 unspecified atom stereocenters. The summed E-state index contributed by atoms with van der Waals surface area (Å²) in [6.07, 6.45) is 0. The van der Waals surface area contributed by atoms with Crippen LogP contribution in [0.25, 0.3) is 0 Å². The van der Waals surface area contributed by atoms with Gasteiger partial charge in [-0.1, -0.05) is 0 Å². The number of ether oxygens (including phenoxy) is 1. The van der Waals surface area contributed by atoms with Gasteiger partial charge in [-0.15, -0.1) is 0 Å². The summed E-state index contributed by atoms with van der Waals surface area (Å²) < 4.78 is 6.80. The molecule has 1 rings (SSSR count). The van der Waals surface area contributed by atoms with Crippen molar-refractivity contribution in [3.05, 3.63) is 26.6 Å². The zero-order valence-corrected chi connectivity index (χ0v) is 13.4. The number of rotatable bonds is 4. The largest absolute Gasteiger partial charge is 0.383 e. The first-order chi connectivity index (χ1) is 8.58. The second-order valence-electron chi connectivity index (χ2n) is 3.60. The van der Waals surface area contributed by atoms with Gasteiger partial charge in [0, 0.05) is 16.1 Å². The van der Waals surface area contributed by atoms with E-state index in [2.05, 4.69) is 47.6 Å². The number of hydrazine groups is 1. The molecule has 7 heteroatoms. The first-order valence-corrected chi connectivity index (χ1v) is 6.89. The maximum absolute atomic E-state index is 5.42. The predicted molar refractivity (Wildman–Crippen MR) is 81.7 cm³/mol. The molecule has 4 N–H and O–H groups in total. The van der Waals surface area contributed by atoms with Crippen molar-refractivity contribution in [1.82, 2.24) is 5.43 Å². The Kier molecular flexibility index (Phi) is 6.62. The lowest BCUT2D eigenvalue weighted by atomic mass is 10.2. The van der Waals surface area contributed by atoms with Crippen LogP contribution in [-0.4, -0.2) is 26.2 Å². The van der Waals surface area contributed by atoms with E-state index in [9.17, 15) is 0 Å². The van der Waals surface area contributed by atoms with E-state index in [0.29, 0.717) is 19.1 Å². The Labute approximate surface area is 123 Å². The standard InChI is InChI=1S/C11H16Br2N4O/c1-7-5-8(12)10(9(13)6-7)16-11(17-14)15-3-4-18-2/h5-6H,3-4,14H2,1-2H3,(H2,15,16,17). The highest BCUT2D eigenvalue weighted by atomic mass is 79.9. The van der Waals surface area contributed by atoms with Crippen molar-refractivity contribution in [3.63, 3.8) is 0 Å². The van der Waals surface area contributed by atoms with E-state index < -0.39 is 0 Å². The highest BCUT2D eigenvalue weighted by molar-refractivity contribution is 9.11. The molecular weight excluding hydrogens is 364 g/mol. The molecule has 0 fully saturated rings. The smallest absolute Gasteiger partial charge is 0.210 e. The van der Waals surface area contributed by atoms with Crippen molar-refractivity contribution >= 4 is 43.5 Å². The monoisotopic (exact) mass is 378 g/mol. The van der Waals surface area contributed by atoms with E-state index in [-0.39, 0.29) is 0 Å². The molecular formula is C11H16Br2N4O. The van der Waals surface area contributed by atoms with Crippen LogP contribution in [0.2, 0.25) is 0 Å². The van der Waals surface area contributed by atoms with Crippen LogP contribution in [0.4, 0.5) is 5.69 Å². The van der Waals surface area contributed by atoms with Gasteiger partial charge in [0.25, 0.3) is 0 Å². The van der Waals surface area contributed by atoms with E-state index in [1.54, 1.807) is 7.11 Å². The first-order valence-electron chi connectivity index (χ1n) is 5.31. The molecule has 0 radical (unpaired) electrons. The molecule has 1 aromatic carbocycles. The van der Waals surface area contributed by atoms with Crippen LogP contribution in [0.3, 0.4) is 0 Å². The zero-order chi connectivity index (χ0) is 13.5. The van der Waals surface area contributed by atoms with Crippen LogP contribution in [0, 0.1) is 6.92 Å². The van der Waals surface area contributed by atoms with E-state index in [1.165, 1.54) is 0 Å². The summed E-state index contributed by atoms with van der Waals surface area (Å²) >= 11 is 6.99. The van der Waals surface area contributed by atoms with E-state index in [0.717, 1.165) is 20.2 Å². The maximum Gasteiger partial charge on any atom is 0.210 e. The van der Waals surface area contributed by atoms with E-state index in [4.69, 9.17) is 10.6 Å². The second kappa shape index (κ2) is 7.73. The molecule has 18 heavy (non-hydrogen) atoms. The first kappa shape index (κ1) is 15.4. The van der Waals surface area contributed by atoms with Gasteiger partial charge in [0.15, 0.2) is 0 Å². The number of anilines is 1. The maximum atomic E-state index is 5.42. The lowest BCUT2D eigenvalue weighted by molar-refractivity contribution is 0.208. The van der Waals surface area contributed by atoms with Crippen molar-refractivity contribution in [3.8, 4) is 0 Å². The molecule has 0 saturated heterocycles. The molecule has 5 nitrogen and oxygen atoms in total. The second-order valence-corrected chi connectivity index (χ2v) is 5.30. The van der Waals surface area contributed by atoms with Gasteiger partial charge in [-0.25, -0.2) is 10.8 Å². The Morgan fingerprint density at radius 1 is 1.39 bits per heavy atom. The number of nitrogens with two attached hydrogens (primary N) is 1. The average molecular weight is 380 g/mol. The number of nitrogens with zero attached hydrogens (tertiary/aromatic N) is 1. The number of hydrogen-bond donors (Lipinski definition) is 3. The average Bonchev–Trinajstić information content (AvgIpc) is 2.31. The fourth-order valence-corrected chi connectivity index (χ4v) is 2.92. The Hall–Kier alpha value is -0.630. The summed E-state index contributed by atoms with van der Waals surface area (Å²) in [6.45, 7) is 3.10. The summed E-state index contributed by atoms with van der Waals surface area (Å²) in [5, 5.41) is 3.12. The van der Waals surface area contributed by atoms with Crippen molar-refractivity contribution in [2.75, 3.05) is 25.6 Å². The highest BCUT2D eigenvalue weighted by Gasteiger charge is 2.08. The Morgan fingerprint density at radius 3 is 2.50 bits per heavy atom. The molecule has 0 amide bonds. The normalized spacial score (nSPS) is 11.5. The van der Waals surface area contributed by atoms with E-state index >= 15 is 0 Å². The fourth-order valence-electron chi connectivity index (χ4n) is 1.31. The van der Waals surface area contributed by atoms with Crippen molar-refractivity contribution < 1.29 is 4.74 Å². The van der Waals surface area contributed by atoms with Gasteiger partial charge in [0.05, 0.1) is 18.8 Å².